The first-order valence-corrected chi connectivity index (χ1v) is 10.0. The molecule has 2 atom stereocenters. The second-order valence-electron chi connectivity index (χ2n) is 7.99. The van der Waals surface area contributed by atoms with Crippen molar-refractivity contribution < 1.29 is 19.5 Å². The maximum Gasteiger partial charge on any atom is 0.290 e. The molecule has 3 aliphatic rings. The molecule has 4 heterocycles. The Morgan fingerprint density at radius 3 is 2.54 bits per heavy atom. The SMILES string of the molecule is CN1CC[C@]2(C(=O)N3CCCC3)CCCN(C(=O)c3cc[nH]c3)[C@H]2C1.O=CO. The van der Waals surface area contributed by atoms with Gasteiger partial charge in [-0.05, 0) is 51.8 Å². The summed E-state index contributed by atoms with van der Waals surface area (Å²) in [5.41, 5.74) is 0.304. The molecule has 2 amide bonds. The van der Waals surface area contributed by atoms with E-state index in [1.807, 2.05) is 11.0 Å². The van der Waals surface area contributed by atoms with Crippen LogP contribution in [0, 0.1) is 5.41 Å². The van der Waals surface area contributed by atoms with Crippen LogP contribution in [0.3, 0.4) is 0 Å². The predicted molar refractivity (Wildman–Crippen MR) is 104 cm³/mol. The first kappa shape index (κ1) is 20.4. The van der Waals surface area contributed by atoms with Gasteiger partial charge < -0.3 is 24.8 Å². The van der Waals surface area contributed by atoms with Crippen molar-refractivity contribution in [3.8, 4) is 0 Å². The van der Waals surface area contributed by atoms with Gasteiger partial charge in [-0.25, -0.2) is 0 Å². The third kappa shape index (κ3) is 3.78. The minimum atomic E-state index is -0.388. The van der Waals surface area contributed by atoms with E-state index in [9.17, 15) is 9.59 Å². The zero-order chi connectivity index (χ0) is 20.1. The van der Waals surface area contributed by atoms with Gasteiger partial charge in [0.15, 0.2) is 0 Å². The lowest BCUT2D eigenvalue weighted by Crippen LogP contribution is -2.66. The molecule has 8 nitrogen and oxygen atoms in total. The van der Waals surface area contributed by atoms with Gasteiger partial charge in [-0.1, -0.05) is 0 Å². The van der Waals surface area contributed by atoms with Gasteiger partial charge in [0.05, 0.1) is 17.0 Å². The number of carboxylic acid groups (broad SMARTS) is 1. The zero-order valence-electron chi connectivity index (χ0n) is 16.5. The molecule has 0 radical (unpaired) electrons. The highest BCUT2D eigenvalue weighted by molar-refractivity contribution is 5.95. The van der Waals surface area contributed by atoms with Crippen molar-refractivity contribution in [3.63, 3.8) is 0 Å². The Morgan fingerprint density at radius 2 is 1.89 bits per heavy atom. The molecule has 28 heavy (non-hydrogen) atoms. The van der Waals surface area contributed by atoms with Crippen LogP contribution in [0.25, 0.3) is 0 Å². The predicted octanol–water partition coefficient (Wildman–Crippen LogP) is 1.26. The average Bonchev–Trinajstić information content (AvgIpc) is 3.41. The van der Waals surface area contributed by atoms with E-state index >= 15 is 0 Å². The second-order valence-corrected chi connectivity index (χ2v) is 7.99. The summed E-state index contributed by atoms with van der Waals surface area (Å²) in [5, 5.41) is 6.89. The van der Waals surface area contributed by atoms with Gasteiger partial charge in [0, 0.05) is 38.6 Å². The van der Waals surface area contributed by atoms with Gasteiger partial charge in [0.25, 0.3) is 12.4 Å². The number of carbonyl (C=O) groups excluding carboxylic acids is 2. The summed E-state index contributed by atoms with van der Waals surface area (Å²) >= 11 is 0. The monoisotopic (exact) mass is 390 g/mol. The summed E-state index contributed by atoms with van der Waals surface area (Å²) in [4.78, 5) is 44.2. The van der Waals surface area contributed by atoms with Crippen LogP contribution in [0.15, 0.2) is 18.5 Å². The summed E-state index contributed by atoms with van der Waals surface area (Å²) in [6.07, 6.45) is 8.45. The minimum absolute atomic E-state index is 0.0181. The molecule has 0 saturated carbocycles. The van der Waals surface area contributed by atoms with Crippen LogP contribution >= 0.6 is 0 Å². The van der Waals surface area contributed by atoms with Gasteiger partial charge in [-0.3, -0.25) is 14.4 Å². The van der Waals surface area contributed by atoms with Crippen LogP contribution in [0.2, 0.25) is 0 Å². The molecular weight excluding hydrogens is 360 g/mol. The number of likely N-dealkylation sites (tertiary alicyclic amines) is 3. The van der Waals surface area contributed by atoms with Crippen LogP contribution in [0.4, 0.5) is 0 Å². The summed E-state index contributed by atoms with van der Waals surface area (Å²) in [7, 11) is 2.10. The van der Waals surface area contributed by atoms with Gasteiger partial charge in [0.2, 0.25) is 5.91 Å². The Hall–Kier alpha value is -2.35. The first-order valence-electron chi connectivity index (χ1n) is 10.0. The van der Waals surface area contributed by atoms with E-state index < -0.39 is 0 Å². The van der Waals surface area contributed by atoms with Gasteiger partial charge in [-0.2, -0.15) is 0 Å². The molecule has 0 bridgehead atoms. The van der Waals surface area contributed by atoms with Crippen LogP contribution in [0.1, 0.15) is 42.5 Å². The summed E-state index contributed by atoms with van der Waals surface area (Å²) < 4.78 is 0. The molecule has 4 rings (SSSR count). The molecule has 0 aliphatic carbocycles. The van der Waals surface area contributed by atoms with E-state index in [1.54, 1.807) is 12.4 Å². The zero-order valence-corrected chi connectivity index (χ0v) is 16.5. The lowest BCUT2D eigenvalue weighted by Gasteiger charge is -2.54. The molecule has 154 valence electrons. The van der Waals surface area contributed by atoms with E-state index in [4.69, 9.17) is 9.90 Å². The van der Waals surface area contributed by atoms with Crippen molar-refractivity contribution in [3.05, 3.63) is 24.0 Å². The quantitative estimate of drug-likeness (QED) is 0.741. The fourth-order valence-corrected chi connectivity index (χ4v) is 4.98. The normalized spacial score (nSPS) is 27.5. The van der Waals surface area contributed by atoms with E-state index in [1.165, 1.54) is 0 Å². The maximum atomic E-state index is 13.5. The van der Waals surface area contributed by atoms with Crippen molar-refractivity contribution in [1.82, 2.24) is 19.7 Å². The minimum Gasteiger partial charge on any atom is -0.483 e. The fraction of sp³-hybridized carbons (Fsp3) is 0.650. The number of aromatic nitrogens is 1. The largest absolute Gasteiger partial charge is 0.483 e. The summed E-state index contributed by atoms with van der Waals surface area (Å²) in [6.45, 7) is 3.99. The Labute approximate surface area is 165 Å². The summed E-state index contributed by atoms with van der Waals surface area (Å²) in [6, 6.07) is 1.81. The Bertz CT molecular complexity index is 686. The number of carbonyl (C=O) groups is 3. The van der Waals surface area contributed by atoms with Crippen molar-refractivity contribution >= 4 is 18.3 Å². The third-order valence-electron chi connectivity index (χ3n) is 6.39. The number of fused-ring (bicyclic) bond motifs is 1. The number of nitrogens with zero attached hydrogens (tertiary/aromatic N) is 3. The molecular formula is C20H30N4O4. The highest BCUT2D eigenvalue weighted by Gasteiger charge is 2.54. The van der Waals surface area contributed by atoms with Gasteiger partial charge >= 0.3 is 0 Å². The molecule has 2 N–H and O–H groups in total. The van der Waals surface area contributed by atoms with E-state index in [-0.39, 0.29) is 23.8 Å². The third-order valence-corrected chi connectivity index (χ3v) is 6.39. The molecule has 0 aromatic carbocycles. The number of aromatic amines is 1. The molecule has 3 saturated heterocycles. The molecule has 3 fully saturated rings. The van der Waals surface area contributed by atoms with Crippen LogP contribution in [-0.2, 0) is 9.59 Å². The number of amides is 2. The number of hydrogen-bond donors (Lipinski definition) is 2. The van der Waals surface area contributed by atoms with Gasteiger partial charge in [-0.15, -0.1) is 0 Å². The van der Waals surface area contributed by atoms with Crippen molar-refractivity contribution in [2.24, 2.45) is 5.41 Å². The Morgan fingerprint density at radius 1 is 1.18 bits per heavy atom. The van der Waals surface area contributed by atoms with Crippen molar-refractivity contribution in [2.45, 2.75) is 38.1 Å². The topological polar surface area (TPSA) is 97.0 Å². The van der Waals surface area contributed by atoms with E-state index in [0.717, 1.165) is 64.8 Å². The number of rotatable bonds is 2. The Kier molecular flexibility index (Phi) is 6.39. The standard InChI is InChI=1S/C19H28N4O2.CH2O2/c1-21-12-7-19(18(25)22-9-2-3-10-22)6-4-11-23(16(19)14-21)17(24)15-5-8-20-13-15;2-1-3/h5,8,13,16,20H,2-4,6-7,9-12,14H2,1H3;1H,(H,2,3)/t16-,19+;/m0./s1. The number of likely N-dealkylation sites (N-methyl/N-ethyl adjacent to an activating group) is 1. The maximum absolute atomic E-state index is 13.5. The number of hydrogen-bond acceptors (Lipinski definition) is 4. The van der Waals surface area contributed by atoms with Gasteiger partial charge in [0.1, 0.15) is 0 Å². The molecule has 8 heteroatoms. The van der Waals surface area contributed by atoms with Crippen LogP contribution < -0.4 is 0 Å². The van der Waals surface area contributed by atoms with Crippen molar-refractivity contribution in [1.29, 1.82) is 0 Å². The number of H-pyrrole nitrogens is 1. The van der Waals surface area contributed by atoms with Crippen molar-refractivity contribution in [2.75, 3.05) is 39.8 Å². The fourth-order valence-electron chi connectivity index (χ4n) is 4.98. The molecule has 3 aliphatic heterocycles. The van der Waals surface area contributed by atoms with Crippen LogP contribution in [0.5, 0.6) is 0 Å². The second kappa shape index (κ2) is 8.77. The number of piperidine rings is 2. The highest BCUT2D eigenvalue weighted by Crippen LogP contribution is 2.44. The lowest BCUT2D eigenvalue weighted by atomic mass is 9.67. The molecule has 1 aromatic rings. The highest BCUT2D eigenvalue weighted by atomic mass is 16.3. The molecule has 0 spiro atoms. The van der Waals surface area contributed by atoms with E-state index in [0.29, 0.717) is 11.5 Å². The van der Waals surface area contributed by atoms with E-state index in [2.05, 4.69) is 21.8 Å². The molecule has 1 aromatic heterocycles. The molecule has 0 unspecified atom stereocenters. The lowest BCUT2D eigenvalue weighted by molar-refractivity contribution is -0.152. The smallest absolute Gasteiger partial charge is 0.290 e. The number of nitrogens with one attached hydrogen (secondary N) is 1. The average molecular weight is 390 g/mol. The first-order chi connectivity index (χ1) is 13.5. The Balaban J connectivity index is 0.000000706. The van der Waals surface area contributed by atoms with Crippen LogP contribution in [-0.4, -0.2) is 88.9 Å². The summed E-state index contributed by atoms with van der Waals surface area (Å²) in [5.74, 6) is 0.356.